The molecule has 128 valence electrons. The molecular formula is C15H10F2IN5OS. The Balaban J connectivity index is 2.26. The first-order valence-electron chi connectivity index (χ1n) is 7.00. The van der Waals surface area contributed by atoms with Crippen molar-refractivity contribution in [2.24, 2.45) is 0 Å². The van der Waals surface area contributed by atoms with Crippen molar-refractivity contribution in [1.82, 2.24) is 13.9 Å². The van der Waals surface area contributed by atoms with Crippen molar-refractivity contribution in [3.8, 4) is 17.3 Å². The molecule has 0 aliphatic carbocycles. The number of aliphatic hydroxyl groups excluding tert-OH is 1. The van der Waals surface area contributed by atoms with Gasteiger partial charge in [-0.05, 0) is 12.1 Å². The second-order valence-corrected chi connectivity index (χ2v) is 6.65. The van der Waals surface area contributed by atoms with Gasteiger partial charge in [0.2, 0.25) is 0 Å². The molecule has 2 N–H and O–H groups in total. The van der Waals surface area contributed by atoms with Crippen molar-refractivity contribution in [3.63, 3.8) is 0 Å². The monoisotopic (exact) mass is 473 g/mol. The van der Waals surface area contributed by atoms with E-state index in [-0.39, 0.29) is 30.2 Å². The van der Waals surface area contributed by atoms with Gasteiger partial charge in [-0.25, -0.2) is 18.7 Å². The van der Waals surface area contributed by atoms with Gasteiger partial charge >= 0.3 is 0 Å². The zero-order valence-corrected chi connectivity index (χ0v) is 15.5. The molecule has 10 heteroatoms. The number of nitriles is 1. The Morgan fingerprint density at radius 2 is 2.20 bits per heavy atom. The SMILES string of the molecule is N#Cc1cc(F)c(NCCO)nc1-c1cn(SI)c2ncc(F)cc12. The van der Waals surface area contributed by atoms with Gasteiger partial charge in [0.1, 0.15) is 11.9 Å². The summed E-state index contributed by atoms with van der Waals surface area (Å²) in [5, 5.41) is 21.4. The molecule has 0 aromatic carbocycles. The molecule has 25 heavy (non-hydrogen) atoms. The molecule has 3 aromatic heterocycles. The highest BCUT2D eigenvalue weighted by atomic mass is 127. The number of halogens is 3. The van der Waals surface area contributed by atoms with Crippen LogP contribution in [-0.4, -0.2) is 32.2 Å². The summed E-state index contributed by atoms with van der Waals surface area (Å²) in [4.78, 5) is 8.25. The topological polar surface area (TPSA) is 86.8 Å². The van der Waals surface area contributed by atoms with Crippen LogP contribution in [0.15, 0.2) is 24.5 Å². The van der Waals surface area contributed by atoms with Crippen molar-refractivity contribution >= 4 is 47.2 Å². The summed E-state index contributed by atoms with van der Waals surface area (Å²) in [5.41, 5.74) is 1.21. The smallest absolute Gasteiger partial charge is 0.166 e. The molecule has 0 unspecified atom stereocenters. The van der Waals surface area contributed by atoms with E-state index in [1.54, 1.807) is 10.2 Å². The lowest BCUT2D eigenvalue weighted by Gasteiger charge is -2.09. The Kier molecular flexibility index (Phi) is 5.36. The van der Waals surface area contributed by atoms with E-state index in [1.165, 1.54) is 15.2 Å². The van der Waals surface area contributed by atoms with Gasteiger partial charge < -0.3 is 10.4 Å². The lowest BCUT2D eigenvalue weighted by molar-refractivity contribution is 0.310. The third-order valence-electron chi connectivity index (χ3n) is 3.41. The van der Waals surface area contributed by atoms with Gasteiger partial charge in [-0.15, -0.1) is 0 Å². The molecule has 0 saturated carbocycles. The van der Waals surface area contributed by atoms with Crippen molar-refractivity contribution in [3.05, 3.63) is 41.7 Å². The van der Waals surface area contributed by atoms with E-state index in [4.69, 9.17) is 5.11 Å². The lowest BCUT2D eigenvalue weighted by atomic mass is 10.1. The zero-order valence-electron chi connectivity index (χ0n) is 12.5. The number of aromatic nitrogens is 3. The molecule has 3 rings (SSSR count). The number of rotatable bonds is 5. The Labute approximate surface area is 157 Å². The molecule has 3 heterocycles. The number of aliphatic hydroxyl groups is 1. The molecule has 0 spiro atoms. The largest absolute Gasteiger partial charge is 0.395 e. The summed E-state index contributed by atoms with van der Waals surface area (Å²) >= 11 is 2.05. The molecule has 0 radical (unpaired) electrons. The van der Waals surface area contributed by atoms with E-state index >= 15 is 0 Å². The third kappa shape index (κ3) is 3.39. The minimum atomic E-state index is -0.704. The van der Waals surface area contributed by atoms with E-state index < -0.39 is 11.6 Å². The van der Waals surface area contributed by atoms with Crippen molar-refractivity contribution < 1.29 is 13.9 Å². The zero-order chi connectivity index (χ0) is 18.0. The average Bonchev–Trinajstić information content (AvgIpc) is 2.98. The molecular weight excluding hydrogens is 463 g/mol. The van der Waals surface area contributed by atoms with Gasteiger partial charge in [-0.1, -0.05) is 0 Å². The first-order chi connectivity index (χ1) is 12.1. The van der Waals surface area contributed by atoms with E-state index in [1.807, 2.05) is 6.07 Å². The third-order valence-corrected chi connectivity index (χ3v) is 5.11. The van der Waals surface area contributed by atoms with Crippen molar-refractivity contribution in [2.45, 2.75) is 0 Å². The maximum Gasteiger partial charge on any atom is 0.166 e. The molecule has 0 atom stereocenters. The van der Waals surface area contributed by atoms with E-state index in [2.05, 4.69) is 36.5 Å². The predicted molar refractivity (Wildman–Crippen MR) is 100 cm³/mol. The normalized spacial score (nSPS) is 10.8. The average molecular weight is 473 g/mol. The van der Waals surface area contributed by atoms with Crippen LogP contribution in [-0.2, 0) is 0 Å². The van der Waals surface area contributed by atoms with E-state index in [9.17, 15) is 14.0 Å². The van der Waals surface area contributed by atoms with E-state index in [0.29, 0.717) is 16.6 Å². The molecule has 6 nitrogen and oxygen atoms in total. The number of fused-ring (bicyclic) bond motifs is 1. The second kappa shape index (κ2) is 7.51. The molecule has 0 amide bonds. The highest BCUT2D eigenvalue weighted by Crippen LogP contribution is 2.35. The summed E-state index contributed by atoms with van der Waals surface area (Å²) < 4.78 is 29.4. The molecule has 0 aliphatic rings. The molecule has 0 bridgehead atoms. The predicted octanol–water partition coefficient (Wildman–Crippen LogP) is 3.50. The molecule has 0 aliphatic heterocycles. The molecule has 0 saturated heterocycles. The van der Waals surface area contributed by atoms with Crippen LogP contribution < -0.4 is 5.32 Å². The highest BCUT2D eigenvalue weighted by molar-refractivity contribution is 14.2. The fourth-order valence-electron chi connectivity index (χ4n) is 2.37. The van der Waals surface area contributed by atoms with Gasteiger partial charge in [0.25, 0.3) is 0 Å². The standard InChI is InChI=1S/C15H10F2IN5OS/c16-9-4-10-11(7-23(25-18)15(10)21-6-9)13-8(5-19)3-12(17)14(22-13)20-1-2-24/h3-4,6-7,24H,1-2H2,(H,20,22). The first kappa shape index (κ1) is 17.8. The van der Waals surface area contributed by atoms with Crippen LogP contribution in [0.4, 0.5) is 14.6 Å². The summed E-state index contributed by atoms with van der Waals surface area (Å²) in [6.45, 7) is -0.0901. The van der Waals surface area contributed by atoms with Crippen LogP contribution >= 0.6 is 30.3 Å². The maximum absolute atomic E-state index is 14.1. The number of nitrogens with one attached hydrogen (secondary N) is 1. The number of nitrogens with zero attached hydrogens (tertiary/aromatic N) is 4. The van der Waals surface area contributed by atoms with E-state index in [0.717, 1.165) is 12.3 Å². The van der Waals surface area contributed by atoms with Crippen LogP contribution in [0.3, 0.4) is 0 Å². The second-order valence-electron chi connectivity index (χ2n) is 4.94. The van der Waals surface area contributed by atoms with Crippen LogP contribution in [0.1, 0.15) is 5.56 Å². The Morgan fingerprint density at radius 3 is 2.88 bits per heavy atom. The Hall–Kier alpha value is -1.97. The van der Waals surface area contributed by atoms with Crippen LogP contribution in [0.2, 0.25) is 0 Å². The lowest BCUT2D eigenvalue weighted by Crippen LogP contribution is -2.09. The highest BCUT2D eigenvalue weighted by Gasteiger charge is 2.19. The maximum atomic E-state index is 14.1. The summed E-state index contributed by atoms with van der Waals surface area (Å²) in [7, 11) is 1.32. The Bertz CT molecular complexity index is 988. The van der Waals surface area contributed by atoms with Crippen LogP contribution in [0.25, 0.3) is 22.3 Å². The summed E-state index contributed by atoms with van der Waals surface area (Å²) in [6, 6.07) is 4.28. The van der Waals surface area contributed by atoms with Crippen molar-refractivity contribution in [2.75, 3.05) is 18.5 Å². The summed E-state index contributed by atoms with van der Waals surface area (Å²) in [5.74, 6) is -1.32. The fourth-order valence-corrected chi connectivity index (χ4v) is 3.63. The van der Waals surface area contributed by atoms with Gasteiger partial charge in [-0.2, -0.15) is 5.26 Å². The molecule has 0 fully saturated rings. The van der Waals surface area contributed by atoms with Crippen LogP contribution in [0, 0.1) is 23.0 Å². The fraction of sp³-hybridized carbons (Fsp3) is 0.133. The van der Waals surface area contributed by atoms with Gasteiger partial charge in [0, 0.05) is 54.0 Å². The van der Waals surface area contributed by atoms with Crippen LogP contribution in [0.5, 0.6) is 0 Å². The number of hydrogen-bond acceptors (Lipinski definition) is 6. The van der Waals surface area contributed by atoms with Gasteiger partial charge in [0.05, 0.1) is 24.1 Å². The minimum absolute atomic E-state index is 0.0221. The van der Waals surface area contributed by atoms with Gasteiger partial charge in [-0.3, -0.25) is 3.97 Å². The van der Waals surface area contributed by atoms with Gasteiger partial charge in [0.15, 0.2) is 17.3 Å². The first-order valence-corrected chi connectivity index (χ1v) is 10.3. The molecule has 3 aromatic rings. The van der Waals surface area contributed by atoms with Crippen molar-refractivity contribution in [1.29, 1.82) is 5.26 Å². The number of pyridine rings is 2. The minimum Gasteiger partial charge on any atom is -0.395 e. The summed E-state index contributed by atoms with van der Waals surface area (Å²) in [6.07, 6.45) is 2.78. The Morgan fingerprint density at radius 1 is 1.40 bits per heavy atom. The number of anilines is 1. The quantitative estimate of drug-likeness (QED) is 0.552. The number of hydrogen-bond donors (Lipinski definition) is 2.